The number of hydrogen-bond donors (Lipinski definition) is 1. The van der Waals surface area contributed by atoms with E-state index in [1.54, 1.807) is 11.8 Å². The zero-order valence-corrected chi connectivity index (χ0v) is 9.40. The summed E-state index contributed by atoms with van der Waals surface area (Å²) in [6.07, 6.45) is 4.21. The topological polar surface area (TPSA) is 51.8 Å². The number of nitrogens with two attached hydrogens (primary N) is 1. The van der Waals surface area contributed by atoms with E-state index in [0.29, 0.717) is 5.92 Å². The number of fused-ring (bicyclic) bond motifs is 1. The van der Waals surface area contributed by atoms with E-state index in [1.807, 2.05) is 6.26 Å². The average molecular weight is 209 g/mol. The molecule has 2 rings (SSSR count). The molecule has 0 spiro atoms. The third-order valence-electron chi connectivity index (χ3n) is 2.80. The van der Waals surface area contributed by atoms with Gasteiger partial charge in [0.1, 0.15) is 0 Å². The van der Waals surface area contributed by atoms with Gasteiger partial charge >= 0.3 is 0 Å². The molecule has 0 aromatic carbocycles. The van der Waals surface area contributed by atoms with E-state index in [2.05, 4.69) is 16.9 Å². The Bertz CT molecular complexity index is 351. The van der Waals surface area contributed by atoms with Crippen molar-refractivity contribution in [1.29, 1.82) is 0 Å². The van der Waals surface area contributed by atoms with Gasteiger partial charge in [0.25, 0.3) is 0 Å². The molecule has 0 saturated heterocycles. The van der Waals surface area contributed by atoms with Crippen LogP contribution in [-0.2, 0) is 6.42 Å². The van der Waals surface area contributed by atoms with Crippen LogP contribution in [0.25, 0.3) is 0 Å². The van der Waals surface area contributed by atoms with E-state index in [1.165, 1.54) is 11.3 Å². The van der Waals surface area contributed by atoms with Gasteiger partial charge in [-0.15, -0.1) is 0 Å². The fourth-order valence-corrected chi connectivity index (χ4v) is 2.55. The first-order valence-corrected chi connectivity index (χ1v) is 6.10. The minimum Gasteiger partial charge on any atom is -0.330 e. The summed E-state index contributed by atoms with van der Waals surface area (Å²) in [5, 5.41) is 0.888. The molecule has 0 radical (unpaired) electrons. The molecule has 1 atom stereocenters. The van der Waals surface area contributed by atoms with E-state index in [-0.39, 0.29) is 0 Å². The highest BCUT2D eigenvalue weighted by atomic mass is 32.2. The van der Waals surface area contributed by atoms with E-state index >= 15 is 0 Å². The zero-order valence-electron chi connectivity index (χ0n) is 8.58. The van der Waals surface area contributed by atoms with Gasteiger partial charge < -0.3 is 5.73 Å². The van der Waals surface area contributed by atoms with E-state index in [0.717, 1.165) is 30.2 Å². The summed E-state index contributed by atoms with van der Waals surface area (Å²) >= 11 is 1.60. The van der Waals surface area contributed by atoms with Gasteiger partial charge in [-0.05, 0) is 38.1 Å². The van der Waals surface area contributed by atoms with Crippen molar-refractivity contribution in [3.63, 3.8) is 0 Å². The molecule has 1 heterocycles. The second-order valence-electron chi connectivity index (χ2n) is 3.63. The molecule has 3 nitrogen and oxygen atoms in total. The lowest BCUT2D eigenvalue weighted by atomic mass is 10.0. The molecule has 0 amide bonds. The fourth-order valence-electron chi connectivity index (χ4n) is 2.12. The highest BCUT2D eigenvalue weighted by molar-refractivity contribution is 7.98. The van der Waals surface area contributed by atoms with Gasteiger partial charge in [-0.1, -0.05) is 11.8 Å². The molecule has 1 aromatic heterocycles. The summed E-state index contributed by atoms with van der Waals surface area (Å²) in [5.74, 6) is 0.487. The largest absolute Gasteiger partial charge is 0.330 e. The summed E-state index contributed by atoms with van der Waals surface area (Å²) in [6, 6.07) is 0. The molecule has 1 aliphatic rings. The van der Waals surface area contributed by atoms with Crippen molar-refractivity contribution in [2.45, 2.75) is 30.8 Å². The first-order chi connectivity index (χ1) is 6.76. The molecule has 76 valence electrons. The van der Waals surface area contributed by atoms with Crippen molar-refractivity contribution in [3.8, 4) is 0 Å². The highest BCUT2D eigenvalue weighted by Gasteiger charge is 2.25. The van der Waals surface area contributed by atoms with Crippen LogP contribution in [0.1, 0.15) is 29.3 Å². The number of aryl methyl sites for hydroxylation is 2. The Labute approximate surface area is 88.5 Å². The second-order valence-corrected chi connectivity index (χ2v) is 4.40. The molecule has 1 unspecified atom stereocenters. The number of rotatable bonds is 2. The minimum absolute atomic E-state index is 0.487. The maximum absolute atomic E-state index is 5.73. The maximum Gasteiger partial charge on any atom is 0.187 e. The quantitative estimate of drug-likeness (QED) is 0.592. The Hall–Kier alpha value is -0.610. The van der Waals surface area contributed by atoms with Crippen molar-refractivity contribution < 1.29 is 0 Å². The van der Waals surface area contributed by atoms with Crippen LogP contribution < -0.4 is 5.73 Å². The Morgan fingerprint density at radius 2 is 2.29 bits per heavy atom. The highest BCUT2D eigenvalue weighted by Crippen LogP contribution is 2.33. The van der Waals surface area contributed by atoms with Crippen LogP contribution in [0.5, 0.6) is 0 Å². The Morgan fingerprint density at radius 3 is 2.93 bits per heavy atom. The molecule has 0 bridgehead atoms. The van der Waals surface area contributed by atoms with Gasteiger partial charge in [0, 0.05) is 17.3 Å². The SMILES string of the molecule is CSc1nc(C)c2c(n1)CCC2CN. The van der Waals surface area contributed by atoms with Crippen molar-refractivity contribution in [2.24, 2.45) is 5.73 Å². The van der Waals surface area contributed by atoms with Crippen LogP contribution in [-0.4, -0.2) is 22.8 Å². The zero-order chi connectivity index (χ0) is 10.1. The predicted molar refractivity (Wildman–Crippen MR) is 58.7 cm³/mol. The van der Waals surface area contributed by atoms with Crippen LogP contribution in [0.4, 0.5) is 0 Å². The smallest absolute Gasteiger partial charge is 0.187 e. The molecule has 1 aliphatic carbocycles. The Kier molecular flexibility index (Phi) is 2.74. The van der Waals surface area contributed by atoms with E-state index in [4.69, 9.17) is 5.73 Å². The fraction of sp³-hybridized carbons (Fsp3) is 0.600. The summed E-state index contributed by atoms with van der Waals surface area (Å²) in [4.78, 5) is 8.98. The van der Waals surface area contributed by atoms with Crippen molar-refractivity contribution >= 4 is 11.8 Å². The second kappa shape index (κ2) is 3.87. The number of hydrogen-bond acceptors (Lipinski definition) is 4. The van der Waals surface area contributed by atoms with Crippen molar-refractivity contribution in [3.05, 3.63) is 17.0 Å². The van der Waals surface area contributed by atoms with Crippen LogP contribution in [0.15, 0.2) is 5.16 Å². The van der Waals surface area contributed by atoms with Crippen molar-refractivity contribution in [1.82, 2.24) is 9.97 Å². The molecule has 4 heteroatoms. The summed E-state index contributed by atoms with van der Waals surface area (Å²) < 4.78 is 0. The van der Waals surface area contributed by atoms with Crippen molar-refractivity contribution in [2.75, 3.05) is 12.8 Å². The van der Waals surface area contributed by atoms with Crippen LogP contribution >= 0.6 is 11.8 Å². The van der Waals surface area contributed by atoms with Gasteiger partial charge in [-0.2, -0.15) is 0 Å². The molecule has 0 fully saturated rings. The van der Waals surface area contributed by atoms with E-state index < -0.39 is 0 Å². The summed E-state index contributed by atoms with van der Waals surface area (Å²) in [6.45, 7) is 2.78. The standard InChI is InChI=1S/C10H15N3S/c1-6-9-7(5-11)3-4-8(9)13-10(12-6)14-2/h7H,3-5,11H2,1-2H3. The summed E-state index contributed by atoms with van der Waals surface area (Å²) in [7, 11) is 0. The Morgan fingerprint density at radius 1 is 1.50 bits per heavy atom. The van der Waals surface area contributed by atoms with Crippen LogP contribution in [0, 0.1) is 6.92 Å². The number of thioether (sulfide) groups is 1. The minimum atomic E-state index is 0.487. The molecule has 14 heavy (non-hydrogen) atoms. The lowest BCUT2D eigenvalue weighted by Gasteiger charge is -2.10. The number of nitrogens with zero attached hydrogens (tertiary/aromatic N) is 2. The maximum atomic E-state index is 5.73. The molecule has 0 aliphatic heterocycles. The third-order valence-corrected chi connectivity index (χ3v) is 3.35. The van der Waals surface area contributed by atoms with Gasteiger partial charge in [0.2, 0.25) is 0 Å². The average Bonchev–Trinajstić information content (AvgIpc) is 2.61. The van der Waals surface area contributed by atoms with Crippen LogP contribution in [0.3, 0.4) is 0 Å². The lowest BCUT2D eigenvalue weighted by molar-refractivity contribution is 0.682. The van der Waals surface area contributed by atoms with E-state index in [9.17, 15) is 0 Å². The number of aromatic nitrogens is 2. The normalized spacial score (nSPS) is 19.8. The van der Waals surface area contributed by atoms with Crippen LogP contribution in [0.2, 0.25) is 0 Å². The molecule has 2 N–H and O–H groups in total. The van der Waals surface area contributed by atoms with Gasteiger partial charge in [-0.25, -0.2) is 9.97 Å². The first kappa shape index (κ1) is 9.93. The van der Waals surface area contributed by atoms with Gasteiger partial charge in [0.15, 0.2) is 5.16 Å². The van der Waals surface area contributed by atoms with Gasteiger partial charge in [-0.3, -0.25) is 0 Å². The predicted octanol–water partition coefficient (Wildman–Crippen LogP) is 1.50. The first-order valence-electron chi connectivity index (χ1n) is 4.87. The molecule has 1 aromatic rings. The molecular weight excluding hydrogens is 194 g/mol. The molecular formula is C10H15N3S. The van der Waals surface area contributed by atoms with Gasteiger partial charge in [0.05, 0.1) is 0 Å². The lowest BCUT2D eigenvalue weighted by Crippen LogP contribution is -2.11. The Balaban J connectivity index is 2.46. The summed E-state index contributed by atoms with van der Waals surface area (Å²) in [5.41, 5.74) is 9.38. The third kappa shape index (κ3) is 1.53. The monoisotopic (exact) mass is 209 g/mol. The molecule has 0 saturated carbocycles.